The number of methoxy groups -OCH3 is 1. The molecule has 0 aliphatic carbocycles. The second kappa shape index (κ2) is 7.72. The molecule has 116 valence electrons. The van der Waals surface area contributed by atoms with Crippen LogP contribution in [0, 0.1) is 0 Å². The predicted molar refractivity (Wildman–Crippen MR) is 71.3 cm³/mol. The van der Waals surface area contributed by atoms with Crippen LogP contribution in [-0.4, -0.2) is 53.3 Å². The number of hydrogen-bond acceptors (Lipinski definition) is 5. The zero-order valence-corrected chi connectivity index (χ0v) is 12.6. The number of ether oxygens (including phenoxy) is 2. The summed E-state index contributed by atoms with van der Waals surface area (Å²) in [4.78, 5) is 35.7. The van der Waals surface area contributed by atoms with Gasteiger partial charge in [-0.3, -0.25) is 9.69 Å². The molecule has 7 heteroatoms. The first-order valence-corrected chi connectivity index (χ1v) is 6.41. The maximum absolute atomic E-state index is 12.1. The molecule has 1 amide bonds. The van der Waals surface area contributed by atoms with Crippen molar-refractivity contribution >= 4 is 18.0 Å². The lowest BCUT2D eigenvalue weighted by molar-refractivity contribution is -0.151. The Balaban J connectivity index is 5.12. The van der Waals surface area contributed by atoms with Crippen LogP contribution < -0.4 is 0 Å². The highest BCUT2D eigenvalue weighted by Gasteiger charge is 2.34. The molecule has 0 aromatic heterocycles. The molecule has 1 atom stereocenters. The van der Waals surface area contributed by atoms with Gasteiger partial charge < -0.3 is 14.6 Å². The lowest BCUT2D eigenvalue weighted by Gasteiger charge is -2.30. The third kappa shape index (κ3) is 6.40. The molecule has 7 nitrogen and oxygen atoms in total. The summed E-state index contributed by atoms with van der Waals surface area (Å²) in [5.41, 5.74) is -0.739. The van der Waals surface area contributed by atoms with Crippen molar-refractivity contribution in [1.82, 2.24) is 4.90 Å². The van der Waals surface area contributed by atoms with Gasteiger partial charge in [0.25, 0.3) is 0 Å². The van der Waals surface area contributed by atoms with E-state index >= 15 is 0 Å². The van der Waals surface area contributed by atoms with Crippen LogP contribution in [0.15, 0.2) is 0 Å². The summed E-state index contributed by atoms with van der Waals surface area (Å²) in [5.74, 6) is -1.96. The number of carboxylic acids is 1. The number of carbonyl (C=O) groups is 3. The van der Waals surface area contributed by atoms with E-state index < -0.39 is 36.1 Å². The van der Waals surface area contributed by atoms with E-state index in [1.54, 1.807) is 27.7 Å². The van der Waals surface area contributed by atoms with Crippen molar-refractivity contribution in [3.05, 3.63) is 0 Å². The molecule has 20 heavy (non-hydrogen) atoms. The van der Waals surface area contributed by atoms with Crippen molar-refractivity contribution in [2.24, 2.45) is 0 Å². The topological polar surface area (TPSA) is 93.1 Å². The third-order valence-corrected chi connectivity index (χ3v) is 2.34. The SMILES string of the molecule is CCCN(C(=O)OC(C)(C)C)[C@@H](CC(=O)OC)C(=O)O. The number of esters is 1. The first-order chi connectivity index (χ1) is 9.12. The maximum Gasteiger partial charge on any atom is 0.411 e. The summed E-state index contributed by atoms with van der Waals surface area (Å²) in [6.45, 7) is 7.04. The van der Waals surface area contributed by atoms with Gasteiger partial charge in [-0.15, -0.1) is 0 Å². The molecule has 0 radical (unpaired) electrons. The molecule has 0 bridgehead atoms. The van der Waals surface area contributed by atoms with E-state index in [0.29, 0.717) is 6.42 Å². The molecule has 0 aromatic carbocycles. The summed E-state index contributed by atoms with van der Waals surface area (Å²) in [6, 6.07) is -1.29. The number of hydrogen-bond donors (Lipinski definition) is 1. The molecule has 1 N–H and O–H groups in total. The number of carboxylic acid groups (broad SMARTS) is 1. The van der Waals surface area contributed by atoms with Crippen LogP contribution >= 0.6 is 0 Å². The standard InChI is InChI=1S/C13H23NO6/c1-6-7-14(12(18)20-13(2,3)4)9(11(16)17)8-10(15)19-5/h9H,6-8H2,1-5H3,(H,16,17)/t9-/m0/s1. The van der Waals surface area contributed by atoms with Crippen molar-refractivity contribution in [3.63, 3.8) is 0 Å². The first kappa shape index (κ1) is 18.2. The van der Waals surface area contributed by atoms with Crippen LogP contribution in [0.2, 0.25) is 0 Å². The van der Waals surface area contributed by atoms with Gasteiger partial charge in [0.2, 0.25) is 0 Å². The third-order valence-electron chi connectivity index (χ3n) is 2.34. The monoisotopic (exact) mass is 289 g/mol. The van der Waals surface area contributed by atoms with Crippen molar-refractivity contribution in [2.75, 3.05) is 13.7 Å². The van der Waals surface area contributed by atoms with Crippen molar-refractivity contribution < 1.29 is 29.0 Å². The van der Waals surface area contributed by atoms with Gasteiger partial charge in [-0.25, -0.2) is 9.59 Å². The van der Waals surface area contributed by atoms with Crippen molar-refractivity contribution in [1.29, 1.82) is 0 Å². The Hall–Kier alpha value is -1.79. The fourth-order valence-corrected chi connectivity index (χ4v) is 1.51. The molecule has 0 fully saturated rings. The van der Waals surface area contributed by atoms with E-state index in [-0.39, 0.29) is 6.54 Å². The Labute approximate surface area is 118 Å². The number of rotatable bonds is 6. The van der Waals surface area contributed by atoms with Crippen LogP contribution in [-0.2, 0) is 19.1 Å². The van der Waals surface area contributed by atoms with Gasteiger partial charge in [0.15, 0.2) is 0 Å². The number of amides is 1. The van der Waals surface area contributed by atoms with Crippen molar-refractivity contribution in [3.8, 4) is 0 Å². The zero-order chi connectivity index (χ0) is 15.9. The highest BCUT2D eigenvalue weighted by molar-refractivity contribution is 5.85. The van der Waals surface area contributed by atoms with E-state index in [1.807, 2.05) is 0 Å². The van der Waals surface area contributed by atoms with Gasteiger partial charge in [0, 0.05) is 6.54 Å². The molecule has 0 aliphatic rings. The molecular formula is C13H23NO6. The Bertz CT molecular complexity index is 360. The molecule has 0 aliphatic heterocycles. The summed E-state index contributed by atoms with van der Waals surface area (Å²) in [5, 5.41) is 9.20. The molecule has 0 unspecified atom stereocenters. The average Bonchev–Trinajstić information content (AvgIpc) is 2.30. The van der Waals surface area contributed by atoms with Gasteiger partial charge >= 0.3 is 18.0 Å². The molecule has 0 heterocycles. The Morgan fingerprint density at radius 1 is 1.25 bits per heavy atom. The second-order valence-corrected chi connectivity index (χ2v) is 5.31. The van der Waals surface area contributed by atoms with Crippen LogP contribution in [0.5, 0.6) is 0 Å². The molecule has 0 rings (SSSR count). The van der Waals surface area contributed by atoms with Gasteiger partial charge in [0.05, 0.1) is 13.5 Å². The van der Waals surface area contributed by atoms with Crippen LogP contribution in [0.25, 0.3) is 0 Å². The summed E-state index contributed by atoms with van der Waals surface area (Å²) in [7, 11) is 1.17. The van der Waals surface area contributed by atoms with Crippen LogP contribution in [0.3, 0.4) is 0 Å². The number of carbonyl (C=O) groups excluding carboxylic acids is 2. The normalized spacial score (nSPS) is 12.4. The largest absolute Gasteiger partial charge is 0.480 e. The van der Waals surface area contributed by atoms with E-state index in [2.05, 4.69) is 4.74 Å². The lowest BCUT2D eigenvalue weighted by atomic mass is 10.1. The van der Waals surface area contributed by atoms with Crippen LogP contribution in [0.1, 0.15) is 40.5 Å². The minimum atomic E-state index is -1.29. The molecule has 0 saturated heterocycles. The second-order valence-electron chi connectivity index (χ2n) is 5.31. The minimum absolute atomic E-state index is 0.183. The Kier molecular flexibility index (Phi) is 7.02. The van der Waals surface area contributed by atoms with E-state index in [9.17, 15) is 19.5 Å². The molecular weight excluding hydrogens is 266 g/mol. The van der Waals surface area contributed by atoms with E-state index in [0.717, 1.165) is 4.90 Å². The Morgan fingerprint density at radius 3 is 2.15 bits per heavy atom. The fourth-order valence-electron chi connectivity index (χ4n) is 1.51. The molecule has 0 saturated carbocycles. The van der Waals surface area contributed by atoms with E-state index in [1.165, 1.54) is 7.11 Å². The molecule has 0 aromatic rings. The van der Waals surface area contributed by atoms with Gasteiger partial charge in [-0.05, 0) is 27.2 Å². The van der Waals surface area contributed by atoms with Gasteiger partial charge in [-0.1, -0.05) is 6.92 Å². The first-order valence-electron chi connectivity index (χ1n) is 6.41. The molecule has 0 spiro atoms. The fraction of sp³-hybridized carbons (Fsp3) is 0.769. The smallest absolute Gasteiger partial charge is 0.411 e. The van der Waals surface area contributed by atoms with E-state index in [4.69, 9.17) is 4.74 Å². The highest BCUT2D eigenvalue weighted by atomic mass is 16.6. The van der Waals surface area contributed by atoms with Gasteiger partial charge in [0.1, 0.15) is 11.6 Å². The highest BCUT2D eigenvalue weighted by Crippen LogP contribution is 2.15. The summed E-state index contributed by atoms with van der Waals surface area (Å²) < 4.78 is 9.63. The van der Waals surface area contributed by atoms with Crippen molar-refractivity contribution in [2.45, 2.75) is 52.2 Å². The summed E-state index contributed by atoms with van der Waals surface area (Å²) >= 11 is 0. The Morgan fingerprint density at radius 2 is 1.80 bits per heavy atom. The average molecular weight is 289 g/mol. The maximum atomic E-state index is 12.1. The van der Waals surface area contributed by atoms with Crippen LogP contribution in [0.4, 0.5) is 4.79 Å². The van der Waals surface area contributed by atoms with Gasteiger partial charge in [-0.2, -0.15) is 0 Å². The number of aliphatic carboxylic acids is 1. The zero-order valence-electron chi connectivity index (χ0n) is 12.6. The minimum Gasteiger partial charge on any atom is -0.480 e. The summed E-state index contributed by atoms with van der Waals surface area (Å²) in [6.07, 6.45) is -0.620. The quantitative estimate of drug-likeness (QED) is 0.747. The predicted octanol–water partition coefficient (Wildman–Crippen LogP) is 1.65. The lowest BCUT2D eigenvalue weighted by Crippen LogP contribution is -2.48. The number of nitrogens with zero attached hydrogens (tertiary/aromatic N) is 1.